The highest BCUT2D eigenvalue weighted by molar-refractivity contribution is 5.91. The van der Waals surface area contributed by atoms with E-state index in [1.807, 2.05) is 6.92 Å². The van der Waals surface area contributed by atoms with Crippen LogP contribution in [0.15, 0.2) is 48.5 Å². The molecule has 0 bridgehead atoms. The van der Waals surface area contributed by atoms with Gasteiger partial charge in [-0.2, -0.15) is 0 Å². The number of ether oxygens (including phenoxy) is 2. The predicted molar refractivity (Wildman–Crippen MR) is 69.3 cm³/mol. The first-order valence-corrected chi connectivity index (χ1v) is 5.98. The van der Waals surface area contributed by atoms with Gasteiger partial charge in [0.15, 0.2) is 0 Å². The Bertz CT molecular complexity index is 616. The lowest BCUT2D eigenvalue weighted by Crippen LogP contribution is -2.17. The minimum atomic E-state index is -4.76. The largest absolute Gasteiger partial charge is 0.573 e. The Morgan fingerprint density at radius 3 is 1.95 bits per heavy atom. The van der Waals surface area contributed by atoms with Gasteiger partial charge in [-0.05, 0) is 43.3 Å². The molecule has 0 fully saturated rings. The van der Waals surface area contributed by atoms with Crippen LogP contribution in [0.25, 0.3) is 0 Å². The first-order chi connectivity index (χ1) is 9.83. The molecule has 3 nitrogen and oxygen atoms in total. The number of rotatable bonds is 3. The molecular weight excluding hydrogens is 285 g/mol. The van der Waals surface area contributed by atoms with E-state index in [2.05, 4.69) is 4.74 Å². The molecule has 0 aliphatic rings. The molecule has 0 atom stereocenters. The molecule has 0 heterocycles. The summed E-state index contributed by atoms with van der Waals surface area (Å²) in [6.45, 7) is 1.89. The van der Waals surface area contributed by atoms with Crippen LogP contribution in [0.1, 0.15) is 15.9 Å². The summed E-state index contributed by atoms with van der Waals surface area (Å²) in [6, 6.07) is 11.3. The van der Waals surface area contributed by atoms with Crippen molar-refractivity contribution >= 4 is 5.97 Å². The third kappa shape index (κ3) is 4.52. The molecule has 0 spiro atoms. The Balaban J connectivity index is 2.04. The van der Waals surface area contributed by atoms with Gasteiger partial charge in [-0.3, -0.25) is 0 Å². The Morgan fingerprint density at radius 2 is 1.43 bits per heavy atom. The van der Waals surface area contributed by atoms with E-state index in [1.165, 1.54) is 12.1 Å². The maximum absolute atomic E-state index is 12.0. The van der Waals surface area contributed by atoms with E-state index in [0.717, 1.165) is 17.7 Å². The second kappa shape index (κ2) is 5.87. The average molecular weight is 296 g/mol. The summed E-state index contributed by atoms with van der Waals surface area (Å²) in [5.74, 6) is -0.687. The second-order valence-electron chi connectivity index (χ2n) is 4.27. The number of carbonyl (C=O) groups is 1. The van der Waals surface area contributed by atoms with Crippen molar-refractivity contribution in [2.45, 2.75) is 13.3 Å². The fourth-order valence-electron chi connectivity index (χ4n) is 1.56. The molecule has 0 radical (unpaired) electrons. The standard InChI is InChI=1S/C15H11F3O3/c1-10-2-6-12(7-3-10)20-14(19)11-4-8-13(9-5-11)21-15(16,17)18/h2-9H,1H3. The van der Waals surface area contributed by atoms with Crippen LogP contribution < -0.4 is 9.47 Å². The first kappa shape index (κ1) is 14.9. The van der Waals surface area contributed by atoms with Crippen molar-refractivity contribution in [2.75, 3.05) is 0 Å². The van der Waals surface area contributed by atoms with Crippen LogP contribution in [0.3, 0.4) is 0 Å². The topological polar surface area (TPSA) is 35.5 Å². The fraction of sp³-hybridized carbons (Fsp3) is 0.133. The SMILES string of the molecule is Cc1ccc(OC(=O)c2ccc(OC(F)(F)F)cc2)cc1. The average Bonchev–Trinajstić information content (AvgIpc) is 2.40. The van der Waals surface area contributed by atoms with Gasteiger partial charge in [0, 0.05) is 0 Å². The summed E-state index contributed by atoms with van der Waals surface area (Å²) in [7, 11) is 0. The number of carbonyl (C=O) groups excluding carboxylic acids is 1. The highest BCUT2D eigenvalue weighted by Gasteiger charge is 2.31. The van der Waals surface area contributed by atoms with Gasteiger partial charge in [-0.25, -0.2) is 4.79 Å². The normalized spacial score (nSPS) is 11.0. The van der Waals surface area contributed by atoms with Crippen molar-refractivity contribution in [3.05, 3.63) is 59.7 Å². The molecule has 6 heteroatoms. The lowest BCUT2D eigenvalue weighted by atomic mass is 10.2. The van der Waals surface area contributed by atoms with E-state index in [4.69, 9.17) is 4.74 Å². The zero-order valence-electron chi connectivity index (χ0n) is 11.0. The number of benzene rings is 2. The van der Waals surface area contributed by atoms with Crippen molar-refractivity contribution < 1.29 is 27.4 Å². The smallest absolute Gasteiger partial charge is 0.423 e. The summed E-state index contributed by atoms with van der Waals surface area (Å²) in [4.78, 5) is 11.8. The monoisotopic (exact) mass is 296 g/mol. The Kier molecular flexibility index (Phi) is 4.16. The molecular formula is C15H11F3O3. The lowest BCUT2D eigenvalue weighted by Gasteiger charge is -2.09. The minimum Gasteiger partial charge on any atom is -0.423 e. The van der Waals surface area contributed by atoms with Crippen LogP contribution >= 0.6 is 0 Å². The highest BCUT2D eigenvalue weighted by atomic mass is 19.4. The van der Waals surface area contributed by atoms with Crippen molar-refractivity contribution in [3.8, 4) is 11.5 Å². The van der Waals surface area contributed by atoms with Crippen LogP contribution in [0.4, 0.5) is 13.2 Å². The summed E-state index contributed by atoms with van der Waals surface area (Å²) in [5, 5.41) is 0. The lowest BCUT2D eigenvalue weighted by molar-refractivity contribution is -0.274. The zero-order valence-corrected chi connectivity index (χ0v) is 11.0. The molecule has 0 aliphatic carbocycles. The van der Waals surface area contributed by atoms with Crippen LogP contribution in [-0.2, 0) is 0 Å². The molecule has 2 aromatic carbocycles. The summed E-state index contributed by atoms with van der Waals surface area (Å²) in [6.07, 6.45) is -4.76. The quantitative estimate of drug-likeness (QED) is 0.631. The third-order valence-corrected chi connectivity index (χ3v) is 2.56. The van der Waals surface area contributed by atoms with Crippen LogP contribution in [-0.4, -0.2) is 12.3 Å². The highest BCUT2D eigenvalue weighted by Crippen LogP contribution is 2.23. The summed E-state index contributed by atoms with van der Waals surface area (Å²) >= 11 is 0. The number of aryl methyl sites for hydroxylation is 1. The molecule has 2 aromatic rings. The third-order valence-electron chi connectivity index (χ3n) is 2.56. The molecule has 110 valence electrons. The van der Waals surface area contributed by atoms with Crippen LogP contribution in [0, 0.1) is 6.92 Å². The molecule has 2 rings (SSSR count). The van der Waals surface area contributed by atoms with E-state index in [0.29, 0.717) is 5.75 Å². The zero-order chi connectivity index (χ0) is 15.5. The van der Waals surface area contributed by atoms with Gasteiger partial charge in [0.1, 0.15) is 11.5 Å². The maximum Gasteiger partial charge on any atom is 0.573 e. The maximum atomic E-state index is 12.0. The van der Waals surface area contributed by atoms with Gasteiger partial charge < -0.3 is 9.47 Å². The molecule has 0 amide bonds. The van der Waals surface area contributed by atoms with Gasteiger partial charge in [0.25, 0.3) is 0 Å². The van der Waals surface area contributed by atoms with E-state index in [9.17, 15) is 18.0 Å². The minimum absolute atomic E-state index is 0.130. The molecule has 0 saturated heterocycles. The van der Waals surface area contributed by atoms with E-state index in [1.54, 1.807) is 24.3 Å². The van der Waals surface area contributed by atoms with Crippen LogP contribution in [0.5, 0.6) is 11.5 Å². The van der Waals surface area contributed by atoms with E-state index in [-0.39, 0.29) is 5.56 Å². The number of halogens is 3. The Hall–Kier alpha value is -2.50. The van der Waals surface area contributed by atoms with Gasteiger partial charge in [-0.15, -0.1) is 13.2 Å². The predicted octanol–water partition coefficient (Wildman–Crippen LogP) is 4.11. The molecule has 0 unspecified atom stereocenters. The van der Waals surface area contributed by atoms with Gasteiger partial charge in [0.05, 0.1) is 5.56 Å². The van der Waals surface area contributed by atoms with Crippen molar-refractivity contribution in [3.63, 3.8) is 0 Å². The Morgan fingerprint density at radius 1 is 0.905 bits per heavy atom. The second-order valence-corrected chi connectivity index (χ2v) is 4.27. The van der Waals surface area contributed by atoms with Crippen molar-refractivity contribution in [1.29, 1.82) is 0 Å². The molecule has 0 saturated carbocycles. The van der Waals surface area contributed by atoms with Crippen molar-refractivity contribution in [2.24, 2.45) is 0 Å². The van der Waals surface area contributed by atoms with Gasteiger partial charge >= 0.3 is 12.3 Å². The summed E-state index contributed by atoms with van der Waals surface area (Å²) < 4.78 is 44.8. The molecule has 0 aliphatic heterocycles. The number of hydrogen-bond acceptors (Lipinski definition) is 3. The molecule has 21 heavy (non-hydrogen) atoms. The number of esters is 1. The first-order valence-electron chi connectivity index (χ1n) is 5.98. The van der Waals surface area contributed by atoms with Gasteiger partial charge in [0.2, 0.25) is 0 Å². The van der Waals surface area contributed by atoms with Crippen molar-refractivity contribution in [1.82, 2.24) is 0 Å². The van der Waals surface area contributed by atoms with Gasteiger partial charge in [-0.1, -0.05) is 17.7 Å². The Labute approximate surface area is 118 Å². The summed E-state index contributed by atoms with van der Waals surface area (Å²) in [5.41, 5.74) is 1.15. The van der Waals surface area contributed by atoms with Crippen LogP contribution in [0.2, 0.25) is 0 Å². The molecule has 0 aromatic heterocycles. The van der Waals surface area contributed by atoms with E-state index < -0.39 is 18.1 Å². The fourth-order valence-corrected chi connectivity index (χ4v) is 1.56. The van der Waals surface area contributed by atoms with E-state index >= 15 is 0 Å². The molecule has 0 N–H and O–H groups in total. The number of hydrogen-bond donors (Lipinski definition) is 0. The number of alkyl halides is 3.